The first-order chi connectivity index (χ1) is 17.3. The number of anilines is 2. The van der Waals surface area contributed by atoms with Gasteiger partial charge in [-0.3, -0.25) is 14.4 Å². The van der Waals surface area contributed by atoms with Gasteiger partial charge in [-0.25, -0.2) is 4.90 Å². The van der Waals surface area contributed by atoms with Gasteiger partial charge in [-0.05, 0) is 42.8 Å². The summed E-state index contributed by atoms with van der Waals surface area (Å²) in [6, 6.07) is 20.7. The van der Waals surface area contributed by atoms with Gasteiger partial charge in [0.05, 0.1) is 25.9 Å². The van der Waals surface area contributed by atoms with Crippen molar-refractivity contribution in [3.8, 4) is 11.5 Å². The summed E-state index contributed by atoms with van der Waals surface area (Å²) in [4.78, 5) is 39.9. The predicted octanol–water partition coefficient (Wildman–Crippen LogP) is 4.63. The lowest BCUT2D eigenvalue weighted by Crippen LogP contribution is -2.32. The molecule has 1 unspecified atom stereocenters. The van der Waals surface area contributed by atoms with Gasteiger partial charge >= 0.3 is 0 Å². The van der Waals surface area contributed by atoms with Crippen molar-refractivity contribution in [2.24, 2.45) is 0 Å². The molecule has 36 heavy (non-hydrogen) atoms. The Hall–Kier alpha value is -4.30. The van der Waals surface area contributed by atoms with Gasteiger partial charge in [0, 0.05) is 17.3 Å². The lowest BCUT2D eigenvalue weighted by atomic mass is 10.1. The Morgan fingerprint density at radius 1 is 0.917 bits per heavy atom. The number of nitrogens with one attached hydrogen (secondary N) is 2. The highest BCUT2D eigenvalue weighted by Gasteiger charge is 2.40. The number of imide groups is 1. The smallest absolute Gasteiger partial charge is 0.283 e. The molecule has 0 fully saturated rings. The van der Waals surface area contributed by atoms with Gasteiger partial charge in [0.2, 0.25) is 0 Å². The molecule has 1 aliphatic heterocycles. The summed E-state index contributed by atoms with van der Waals surface area (Å²) in [5, 5.41) is 5.57. The monoisotopic (exact) mass is 505 g/mol. The summed E-state index contributed by atoms with van der Waals surface area (Å²) in [5.74, 6) is -0.918. The molecule has 0 bridgehead atoms. The lowest BCUT2D eigenvalue weighted by Gasteiger charge is -2.19. The van der Waals surface area contributed by atoms with E-state index in [1.165, 1.54) is 20.3 Å². The molecule has 0 aromatic heterocycles. The van der Waals surface area contributed by atoms with Crippen LogP contribution in [0.5, 0.6) is 11.5 Å². The van der Waals surface area contributed by atoms with Crippen molar-refractivity contribution < 1.29 is 23.9 Å². The van der Waals surface area contributed by atoms with Crippen molar-refractivity contribution in [1.82, 2.24) is 5.32 Å². The average Bonchev–Trinajstić information content (AvgIpc) is 3.11. The molecule has 2 N–H and O–H groups in total. The summed E-state index contributed by atoms with van der Waals surface area (Å²) in [6.45, 7) is 1.89. The van der Waals surface area contributed by atoms with Crippen LogP contribution in [0.3, 0.4) is 0 Å². The van der Waals surface area contributed by atoms with Gasteiger partial charge in [-0.1, -0.05) is 48.0 Å². The zero-order chi connectivity index (χ0) is 25.8. The summed E-state index contributed by atoms with van der Waals surface area (Å²) >= 11 is 6.28. The van der Waals surface area contributed by atoms with Crippen LogP contribution in [0.25, 0.3) is 0 Å². The van der Waals surface area contributed by atoms with Crippen molar-refractivity contribution in [2.75, 3.05) is 24.4 Å². The highest BCUT2D eigenvalue weighted by Crippen LogP contribution is 2.38. The highest BCUT2D eigenvalue weighted by molar-refractivity contribution is 6.53. The zero-order valence-corrected chi connectivity index (χ0v) is 20.6. The minimum absolute atomic E-state index is 0.109. The Balaban J connectivity index is 1.55. The Kier molecular flexibility index (Phi) is 7.26. The molecular weight excluding hydrogens is 482 g/mol. The van der Waals surface area contributed by atoms with E-state index in [1.807, 2.05) is 37.3 Å². The second-order valence-corrected chi connectivity index (χ2v) is 8.36. The molecule has 0 radical (unpaired) electrons. The Bertz CT molecular complexity index is 1360. The summed E-state index contributed by atoms with van der Waals surface area (Å²) in [5.41, 5.74) is 1.86. The minimum Gasteiger partial charge on any atom is -0.497 e. The van der Waals surface area contributed by atoms with E-state index in [2.05, 4.69) is 10.6 Å². The van der Waals surface area contributed by atoms with Crippen LogP contribution < -0.4 is 25.0 Å². The van der Waals surface area contributed by atoms with E-state index >= 15 is 0 Å². The third-order valence-corrected chi connectivity index (χ3v) is 6.05. The second-order valence-electron chi connectivity index (χ2n) is 7.98. The van der Waals surface area contributed by atoms with Crippen molar-refractivity contribution in [3.63, 3.8) is 0 Å². The Morgan fingerprint density at radius 2 is 1.67 bits per heavy atom. The molecular formula is C27H24ClN3O5. The fourth-order valence-electron chi connectivity index (χ4n) is 3.79. The maximum absolute atomic E-state index is 13.2. The van der Waals surface area contributed by atoms with E-state index < -0.39 is 11.8 Å². The number of methoxy groups -OCH3 is 2. The van der Waals surface area contributed by atoms with Gasteiger partial charge < -0.3 is 20.1 Å². The fourth-order valence-corrected chi connectivity index (χ4v) is 4.00. The molecule has 0 saturated carbocycles. The number of amides is 3. The van der Waals surface area contributed by atoms with Crippen molar-refractivity contribution in [3.05, 3.63) is 94.7 Å². The third-order valence-electron chi connectivity index (χ3n) is 5.70. The molecule has 3 amide bonds. The first-order valence-corrected chi connectivity index (χ1v) is 11.4. The van der Waals surface area contributed by atoms with Gasteiger partial charge in [-0.2, -0.15) is 0 Å². The maximum atomic E-state index is 13.2. The first-order valence-electron chi connectivity index (χ1n) is 11.1. The number of hydrogen-bond donors (Lipinski definition) is 2. The molecule has 0 saturated heterocycles. The minimum atomic E-state index is -0.707. The number of ether oxygens (including phenoxy) is 2. The second kappa shape index (κ2) is 10.5. The van der Waals surface area contributed by atoms with Crippen molar-refractivity contribution >= 4 is 40.7 Å². The summed E-state index contributed by atoms with van der Waals surface area (Å²) < 4.78 is 10.5. The van der Waals surface area contributed by atoms with E-state index in [4.69, 9.17) is 21.1 Å². The van der Waals surface area contributed by atoms with Gasteiger partial charge in [-0.15, -0.1) is 0 Å². The molecule has 0 aliphatic carbocycles. The van der Waals surface area contributed by atoms with E-state index in [0.717, 1.165) is 10.5 Å². The van der Waals surface area contributed by atoms with Gasteiger partial charge in [0.25, 0.3) is 17.7 Å². The summed E-state index contributed by atoms with van der Waals surface area (Å²) in [7, 11) is 2.90. The highest BCUT2D eigenvalue weighted by atomic mass is 35.5. The maximum Gasteiger partial charge on any atom is 0.283 e. The van der Waals surface area contributed by atoms with E-state index in [0.29, 0.717) is 22.7 Å². The molecule has 0 spiro atoms. The predicted molar refractivity (Wildman–Crippen MR) is 137 cm³/mol. The topological polar surface area (TPSA) is 97.0 Å². The normalized spacial score (nSPS) is 14.1. The number of nitrogens with zero attached hydrogens (tertiary/aromatic N) is 1. The average molecular weight is 506 g/mol. The molecule has 4 rings (SSSR count). The SMILES string of the molecule is COc1ccc(OC)c(N2C(=O)C(Cl)=C(Nc3cccc(C(=O)NC(C)c4ccccc4)c3)C2=O)c1. The number of carbonyl (C=O) groups is 3. The molecule has 184 valence electrons. The van der Waals surface area contributed by atoms with Gasteiger partial charge in [0.15, 0.2) is 0 Å². The van der Waals surface area contributed by atoms with Crippen LogP contribution in [-0.4, -0.2) is 31.9 Å². The summed E-state index contributed by atoms with van der Waals surface area (Å²) in [6.07, 6.45) is 0. The number of hydrogen-bond acceptors (Lipinski definition) is 6. The fraction of sp³-hybridized carbons (Fsp3) is 0.148. The molecule has 1 heterocycles. The van der Waals surface area contributed by atoms with Crippen LogP contribution in [0, 0.1) is 0 Å². The first kappa shape index (κ1) is 24.8. The Labute approximate surface area is 213 Å². The Morgan fingerprint density at radius 3 is 2.36 bits per heavy atom. The van der Waals surface area contributed by atoms with Crippen LogP contribution in [0.4, 0.5) is 11.4 Å². The van der Waals surface area contributed by atoms with Crippen LogP contribution in [0.15, 0.2) is 83.5 Å². The number of halogens is 1. The zero-order valence-electron chi connectivity index (χ0n) is 19.9. The standard InChI is InChI=1S/C27H24ClN3O5/c1-16(17-8-5-4-6-9-17)29-25(32)18-10-7-11-19(14-18)30-24-23(28)26(33)31(27(24)34)21-15-20(35-2)12-13-22(21)36-3/h4-16,30H,1-3H3,(H,29,32). The van der Waals surface area contributed by atoms with Crippen molar-refractivity contribution in [1.29, 1.82) is 0 Å². The quantitative estimate of drug-likeness (QED) is 0.433. The molecule has 1 aliphatic rings. The van der Waals surface area contributed by atoms with Crippen LogP contribution in [-0.2, 0) is 9.59 Å². The molecule has 3 aromatic carbocycles. The van der Waals surface area contributed by atoms with E-state index in [1.54, 1.807) is 36.4 Å². The number of benzene rings is 3. The van der Waals surface area contributed by atoms with Crippen LogP contribution in [0.1, 0.15) is 28.9 Å². The van der Waals surface area contributed by atoms with E-state index in [9.17, 15) is 14.4 Å². The van der Waals surface area contributed by atoms with Crippen LogP contribution >= 0.6 is 11.6 Å². The molecule has 9 heteroatoms. The molecule has 8 nitrogen and oxygen atoms in total. The van der Waals surface area contributed by atoms with Crippen LogP contribution in [0.2, 0.25) is 0 Å². The largest absolute Gasteiger partial charge is 0.497 e. The lowest BCUT2D eigenvalue weighted by molar-refractivity contribution is -0.120. The van der Waals surface area contributed by atoms with E-state index in [-0.39, 0.29) is 28.4 Å². The molecule has 1 atom stereocenters. The molecule has 3 aromatic rings. The number of carbonyl (C=O) groups excluding carboxylic acids is 3. The van der Waals surface area contributed by atoms with Gasteiger partial charge in [0.1, 0.15) is 22.2 Å². The van der Waals surface area contributed by atoms with Crippen molar-refractivity contribution in [2.45, 2.75) is 13.0 Å². The number of rotatable bonds is 8. The third kappa shape index (κ3) is 4.89.